The Morgan fingerprint density at radius 1 is 1.42 bits per heavy atom. The van der Waals surface area contributed by atoms with E-state index in [0.29, 0.717) is 5.92 Å². The van der Waals surface area contributed by atoms with Gasteiger partial charge in [0, 0.05) is 0 Å². The van der Waals surface area contributed by atoms with Gasteiger partial charge in [-0.2, -0.15) is 0 Å². The molecular formula is C8H12Br2S2. The first-order valence-corrected chi connectivity index (χ1v) is 7.64. The summed E-state index contributed by atoms with van der Waals surface area (Å²) >= 11 is 11.0. The second-order valence-corrected chi connectivity index (χ2v) is 8.35. The van der Waals surface area contributed by atoms with Crippen LogP contribution in [0.3, 0.4) is 0 Å². The van der Waals surface area contributed by atoms with Crippen LogP contribution in [0.4, 0.5) is 0 Å². The number of rotatable bonds is 2. The van der Waals surface area contributed by atoms with Gasteiger partial charge < -0.3 is 0 Å². The van der Waals surface area contributed by atoms with Gasteiger partial charge in [0.25, 0.3) is 0 Å². The Kier molecular flexibility index (Phi) is 5.73. The van der Waals surface area contributed by atoms with Gasteiger partial charge in [-0.05, 0) is 55.7 Å². The van der Waals surface area contributed by atoms with Gasteiger partial charge in [0.2, 0.25) is 0 Å². The Morgan fingerprint density at radius 3 is 2.50 bits per heavy atom. The molecule has 0 saturated carbocycles. The van der Waals surface area contributed by atoms with Crippen LogP contribution in [0.1, 0.15) is 13.3 Å². The summed E-state index contributed by atoms with van der Waals surface area (Å²) in [6.45, 7) is 2.28. The maximum Gasteiger partial charge on any atom is 0.0567 e. The summed E-state index contributed by atoms with van der Waals surface area (Å²) in [7, 11) is 0. The van der Waals surface area contributed by atoms with Crippen molar-refractivity contribution in [1.29, 1.82) is 0 Å². The Hall–Kier alpha value is 1.40. The molecule has 1 saturated heterocycles. The van der Waals surface area contributed by atoms with E-state index in [4.69, 9.17) is 0 Å². The molecule has 0 aliphatic carbocycles. The normalized spacial score (nSPS) is 21.9. The molecule has 70 valence electrons. The summed E-state index contributed by atoms with van der Waals surface area (Å²) in [5.41, 5.74) is 0. The first kappa shape index (κ1) is 11.5. The monoisotopic (exact) mass is 330 g/mol. The quantitative estimate of drug-likeness (QED) is 0.733. The first-order valence-electron chi connectivity index (χ1n) is 3.96. The van der Waals surface area contributed by atoms with Gasteiger partial charge >= 0.3 is 0 Å². The van der Waals surface area contributed by atoms with Crippen molar-refractivity contribution in [2.45, 2.75) is 17.9 Å². The average Bonchev–Trinajstić information content (AvgIpc) is 2.05. The topological polar surface area (TPSA) is 0 Å². The summed E-state index contributed by atoms with van der Waals surface area (Å²) < 4.78 is 1.83. The minimum atomic E-state index is 0.647. The highest BCUT2D eigenvalue weighted by molar-refractivity contribution is 9.28. The largest absolute Gasteiger partial charge is 0.147 e. The predicted octanol–water partition coefficient (Wildman–Crippen LogP) is 4.45. The van der Waals surface area contributed by atoms with E-state index in [-0.39, 0.29) is 0 Å². The van der Waals surface area contributed by atoms with Crippen molar-refractivity contribution >= 4 is 55.4 Å². The molecule has 0 unspecified atom stereocenters. The molecule has 1 aliphatic heterocycles. The van der Waals surface area contributed by atoms with Crippen molar-refractivity contribution in [3.8, 4) is 0 Å². The zero-order valence-electron chi connectivity index (χ0n) is 6.93. The number of thioether (sulfide) groups is 2. The fraction of sp³-hybridized carbons (Fsp3) is 0.750. The lowest BCUT2D eigenvalue weighted by Crippen LogP contribution is -2.13. The molecule has 1 fully saturated rings. The molecule has 0 radical (unpaired) electrons. The molecule has 0 aromatic heterocycles. The zero-order chi connectivity index (χ0) is 8.97. The smallest absolute Gasteiger partial charge is 0.0567 e. The van der Waals surface area contributed by atoms with Gasteiger partial charge in [-0.3, -0.25) is 0 Å². The van der Waals surface area contributed by atoms with Gasteiger partial charge in [-0.1, -0.05) is 13.0 Å². The highest BCUT2D eigenvalue weighted by Gasteiger charge is 2.19. The lowest BCUT2D eigenvalue weighted by Gasteiger charge is -2.24. The van der Waals surface area contributed by atoms with E-state index in [2.05, 4.69) is 68.4 Å². The van der Waals surface area contributed by atoms with Crippen molar-refractivity contribution in [3.05, 3.63) is 9.47 Å². The predicted molar refractivity (Wildman–Crippen MR) is 68.4 cm³/mol. The molecular weight excluding hydrogens is 320 g/mol. The van der Waals surface area contributed by atoms with E-state index in [9.17, 15) is 0 Å². The molecule has 1 aliphatic rings. The maximum atomic E-state index is 3.40. The minimum absolute atomic E-state index is 0.647. The van der Waals surface area contributed by atoms with Gasteiger partial charge in [-0.25, -0.2) is 0 Å². The van der Waals surface area contributed by atoms with Gasteiger partial charge in [0.05, 0.1) is 7.97 Å². The Labute approximate surface area is 99.6 Å². The highest BCUT2D eigenvalue weighted by Crippen LogP contribution is 2.37. The SMILES string of the molecule is C[C@@H](C=C(Br)Br)C1SCCCS1. The standard InChI is InChI=1S/C8H12Br2S2/c1-6(5-7(9)10)8-11-3-2-4-12-8/h5-6,8H,2-4H2,1H3/t6-/m0/s1. The van der Waals surface area contributed by atoms with Gasteiger partial charge in [0.15, 0.2) is 0 Å². The van der Waals surface area contributed by atoms with E-state index in [0.717, 1.165) is 7.97 Å². The van der Waals surface area contributed by atoms with Crippen LogP contribution in [0.15, 0.2) is 9.47 Å². The van der Waals surface area contributed by atoms with Crippen LogP contribution in [-0.4, -0.2) is 16.1 Å². The van der Waals surface area contributed by atoms with Gasteiger partial charge in [-0.15, -0.1) is 23.5 Å². The fourth-order valence-electron chi connectivity index (χ4n) is 1.09. The Bertz CT molecular complexity index is 160. The summed E-state index contributed by atoms with van der Waals surface area (Å²) in [6, 6.07) is 0. The molecule has 0 aromatic carbocycles. The van der Waals surface area contributed by atoms with E-state index in [1.165, 1.54) is 17.9 Å². The van der Waals surface area contributed by atoms with Crippen LogP contribution >= 0.6 is 55.4 Å². The van der Waals surface area contributed by atoms with Crippen molar-refractivity contribution < 1.29 is 0 Å². The van der Waals surface area contributed by atoms with Crippen LogP contribution in [-0.2, 0) is 0 Å². The lowest BCUT2D eigenvalue weighted by atomic mass is 10.2. The number of hydrogen-bond acceptors (Lipinski definition) is 2. The molecule has 0 amide bonds. The fourth-order valence-corrected chi connectivity index (χ4v) is 4.92. The molecule has 1 rings (SSSR count). The van der Waals surface area contributed by atoms with Crippen molar-refractivity contribution in [3.63, 3.8) is 0 Å². The first-order chi connectivity index (χ1) is 5.70. The van der Waals surface area contributed by atoms with Crippen molar-refractivity contribution in [2.24, 2.45) is 5.92 Å². The summed E-state index contributed by atoms with van der Waals surface area (Å²) in [6.07, 6.45) is 3.60. The molecule has 0 bridgehead atoms. The molecule has 1 heterocycles. The second kappa shape index (κ2) is 5.99. The van der Waals surface area contributed by atoms with E-state index in [1.54, 1.807) is 0 Å². The molecule has 0 spiro atoms. The zero-order valence-corrected chi connectivity index (χ0v) is 11.7. The van der Waals surface area contributed by atoms with E-state index >= 15 is 0 Å². The number of hydrogen-bond donors (Lipinski definition) is 0. The molecule has 1 atom stereocenters. The van der Waals surface area contributed by atoms with Crippen LogP contribution in [0, 0.1) is 5.92 Å². The van der Waals surface area contributed by atoms with Crippen LogP contribution in [0.25, 0.3) is 0 Å². The molecule has 0 N–H and O–H groups in total. The minimum Gasteiger partial charge on any atom is -0.147 e. The number of halogens is 2. The summed E-state index contributed by atoms with van der Waals surface area (Å²) in [4.78, 5) is 0. The summed E-state index contributed by atoms with van der Waals surface area (Å²) in [5.74, 6) is 3.31. The maximum absolute atomic E-state index is 3.40. The third-order valence-electron chi connectivity index (χ3n) is 1.67. The Morgan fingerprint density at radius 2 is 2.00 bits per heavy atom. The van der Waals surface area contributed by atoms with Gasteiger partial charge in [0.1, 0.15) is 0 Å². The number of allylic oxidation sites excluding steroid dienone is 1. The third kappa shape index (κ3) is 4.07. The van der Waals surface area contributed by atoms with Crippen LogP contribution in [0.5, 0.6) is 0 Å². The van der Waals surface area contributed by atoms with Crippen molar-refractivity contribution in [2.75, 3.05) is 11.5 Å². The molecule has 0 nitrogen and oxygen atoms in total. The van der Waals surface area contributed by atoms with E-state index < -0.39 is 0 Å². The highest BCUT2D eigenvalue weighted by atomic mass is 79.9. The van der Waals surface area contributed by atoms with Crippen LogP contribution in [0.2, 0.25) is 0 Å². The molecule has 4 heteroatoms. The lowest BCUT2D eigenvalue weighted by molar-refractivity contribution is 0.806. The van der Waals surface area contributed by atoms with Crippen molar-refractivity contribution in [1.82, 2.24) is 0 Å². The molecule has 12 heavy (non-hydrogen) atoms. The second-order valence-electron chi connectivity index (χ2n) is 2.78. The van der Waals surface area contributed by atoms with E-state index in [1.807, 2.05) is 0 Å². The molecule has 0 aromatic rings. The third-order valence-corrected chi connectivity index (χ3v) is 5.58. The summed E-state index contributed by atoms with van der Waals surface area (Å²) in [5, 5.41) is 0. The van der Waals surface area contributed by atoms with Crippen LogP contribution < -0.4 is 0 Å². The Balaban J connectivity index is 2.39. The average molecular weight is 332 g/mol.